The lowest BCUT2D eigenvalue weighted by Crippen LogP contribution is -2.25. The Kier molecular flexibility index (Phi) is 6.10. The molecule has 24 heavy (non-hydrogen) atoms. The molecule has 8 heteroatoms. The molecule has 1 aromatic heterocycles. The van der Waals surface area contributed by atoms with Crippen LogP contribution in [0.2, 0.25) is 5.02 Å². The molecule has 2 heterocycles. The number of thioether (sulfide) groups is 1. The highest BCUT2D eigenvalue weighted by Gasteiger charge is 2.24. The molecule has 1 atom stereocenters. The van der Waals surface area contributed by atoms with Gasteiger partial charge in [-0.15, -0.1) is 0 Å². The number of hydrogen-bond donors (Lipinski definition) is 0. The van der Waals surface area contributed by atoms with Gasteiger partial charge in [0, 0.05) is 22.8 Å². The highest BCUT2D eigenvalue weighted by Crippen LogP contribution is 2.24. The van der Waals surface area contributed by atoms with Crippen molar-refractivity contribution in [3.8, 4) is 0 Å². The summed E-state index contributed by atoms with van der Waals surface area (Å²) in [5.41, 5.74) is 0.401. The summed E-state index contributed by atoms with van der Waals surface area (Å²) in [5.74, 6) is 1.95. The van der Waals surface area contributed by atoms with Crippen molar-refractivity contribution in [2.45, 2.75) is 19.1 Å². The smallest absolute Gasteiger partial charge is 0.159 e. The second-order valence-corrected chi connectivity index (χ2v) is 6.81. The van der Waals surface area contributed by atoms with E-state index in [4.69, 9.17) is 21.1 Å². The molecule has 1 saturated heterocycles. The first-order valence-corrected chi connectivity index (χ1v) is 9.51. The molecule has 1 aromatic carbocycles. The van der Waals surface area contributed by atoms with Crippen molar-refractivity contribution < 1.29 is 13.9 Å². The van der Waals surface area contributed by atoms with Gasteiger partial charge in [-0.05, 0) is 18.4 Å². The Labute approximate surface area is 149 Å². The van der Waals surface area contributed by atoms with Crippen LogP contribution in [-0.2, 0) is 22.4 Å². The van der Waals surface area contributed by atoms with Crippen LogP contribution in [0.1, 0.15) is 23.3 Å². The van der Waals surface area contributed by atoms with Gasteiger partial charge < -0.3 is 9.47 Å². The molecular weight excluding hydrogens is 353 g/mol. The zero-order valence-electron chi connectivity index (χ0n) is 13.4. The van der Waals surface area contributed by atoms with E-state index < -0.39 is 0 Å². The van der Waals surface area contributed by atoms with Crippen LogP contribution < -0.4 is 0 Å². The molecule has 0 radical (unpaired) electrons. The Morgan fingerprint density at radius 3 is 3.00 bits per heavy atom. The van der Waals surface area contributed by atoms with Gasteiger partial charge in [0.15, 0.2) is 11.6 Å². The first kappa shape index (κ1) is 17.7. The fraction of sp³-hybridized carbons (Fsp3) is 0.500. The maximum Gasteiger partial charge on any atom is 0.159 e. The summed E-state index contributed by atoms with van der Waals surface area (Å²) in [4.78, 5) is 4.59. The van der Waals surface area contributed by atoms with Gasteiger partial charge in [-0.2, -0.15) is 16.9 Å². The summed E-state index contributed by atoms with van der Waals surface area (Å²) in [7, 11) is 0. The Balaban J connectivity index is 1.90. The summed E-state index contributed by atoms with van der Waals surface area (Å²) < 4.78 is 27.0. The van der Waals surface area contributed by atoms with Gasteiger partial charge >= 0.3 is 0 Å². The van der Waals surface area contributed by atoms with E-state index in [9.17, 15) is 4.39 Å². The van der Waals surface area contributed by atoms with Gasteiger partial charge in [-0.3, -0.25) is 0 Å². The van der Waals surface area contributed by atoms with E-state index in [1.165, 1.54) is 6.07 Å². The van der Waals surface area contributed by atoms with Crippen LogP contribution >= 0.6 is 23.4 Å². The van der Waals surface area contributed by atoms with E-state index in [1.54, 1.807) is 28.6 Å². The van der Waals surface area contributed by atoms with E-state index in [-0.39, 0.29) is 18.5 Å². The first-order chi connectivity index (χ1) is 11.7. The van der Waals surface area contributed by atoms with E-state index in [0.717, 1.165) is 18.0 Å². The standard InChI is InChI=1S/C16H19ClFN3O2S/c1-24-8-5-15-19-16(14-10-22-6-7-23-14)21(20-15)9-11-12(17)3-2-4-13(11)18/h2-4,14H,5-10H2,1H3. The van der Waals surface area contributed by atoms with E-state index in [0.29, 0.717) is 36.2 Å². The van der Waals surface area contributed by atoms with E-state index in [1.807, 2.05) is 6.26 Å². The van der Waals surface area contributed by atoms with Crippen molar-refractivity contribution in [1.82, 2.24) is 14.8 Å². The first-order valence-electron chi connectivity index (χ1n) is 7.74. The Morgan fingerprint density at radius 2 is 2.29 bits per heavy atom. The van der Waals surface area contributed by atoms with E-state index >= 15 is 0 Å². The van der Waals surface area contributed by atoms with Gasteiger partial charge in [0.25, 0.3) is 0 Å². The SMILES string of the molecule is CSCCc1nc(C2COCCO2)n(Cc2c(F)cccc2Cl)n1. The predicted octanol–water partition coefficient (Wildman–Crippen LogP) is 3.11. The lowest BCUT2D eigenvalue weighted by molar-refractivity contribution is -0.0949. The van der Waals surface area contributed by atoms with Gasteiger partial charge in [0.2, 0.25) is 0 Å². The summed E-state index contributed by atoms with van der Waals surface area (Å²) in [6.07, 6.45) is 2.49. The lowest BCUT2D eigenvalue weighted by Gasteiger charge is -2.22. The fourth-order valence-corrected chi connectivity index (χ4v) is 3.14. The van der Waals surface area contributed by atoms with Gasteiger partial charge in [0.1, 0.15) is 11.9 Å². The zero-order valence-corrected chi connectivity index (χ0v) is 14.9. The van der Waals surface area contributed by atoms with Crippen molar-refractivity contribution in [1.29, 1.82) is 0 Å². The highest BCUT2D eigenvalue weighted by atomic mass is 35.5. The molecule has 5 nitrogen and oxygen atoms in total. The summed E-state index contributed by atoms with van der Waals surface area (Å²) >= 11 is 7.88. The van der Waals surface area contributed by atoms with Crippen LogP contribution in [0, 0.1) is 5.82 Å². The Morgan fingerprint density at radius 1 is 1.42 bits per heavy atom. The molecule has 0 aliphatic carbocycles. The molecule has 0 amide bonds. The lowest BCUT2D eigenvalue weighted by atomic mass is 10.2. The Bertz CT molecular complexity index is 672. The fourth-order valence-electron chi connectivity index (χ4n) is 2.53. The third-order valence-electron chi connectivity index (χ3n) is 3.75. The Hall–Kier alpha value is -1.15. The maximum atomic E-state index is 14.1. The minimum Gasteiger partial charge on any atom is -0.376 e. The normalized spacial score (nSPS) is 18.0. The molecule has 1 unspecified atom stereocenters. The van der Waals surface area contributed by atoms with Gasteiger partial charge in [0.05, 0.1) is 26.4 Å². The highest BCUT2D eigenvalue weighted by molar-refractivity contribution is 7.98. The number of aromatic nitrogens is 3. The largest absolute Gasteiger partial charge is 0.376 e. The maximum absolute atomic E-state index is 14.1. The van der Waals surface area contributed by atoms with Crippen molar-refractivity contribution >= 4 is 23.4 Å². The molecule has 0 bridgehead atoms. The number of nitrogens with zero attached hydrogens (tertiary/aromatic N) is 3. The van der Waals surface area contributed by atoms with Crippen molar-refractivity contribution in [2.75, 3.05) is 31.8 Å². The summed E-state index contributed by atoms with van der Waals surface area (Å²) in [6.45, 7) is 1.72. The third-order valence-corrected chi connectivity index (χ3v) is 4.71. The molecule has 0 N–H and O–H groups in total. The van der Waals surface area contributed by atoms with Crippen LogP contribution in [0.4, 0.5) is 4.39 Å². The molecular formula is C16H19ClFN3O2S. The number of halogens is 2. The topological polar surface area (TPSA) is 49.2 Å². The summed E-state index contributed by atoms with van der Waals surface area (Å²) in [5, 5.41) is 4.91. The molecule has 1 fully saturated rings. The summed E-state index contributed by atoms with van der Waals surface area (Å²) in [6, 6.07) is 4.66. The van der Waals surface area contributed by atoms with Crippen LogP contribution in [0.3, 0.4) is 0 Å². The molecule has 3 rings (SSSR count). The number of benzene rings is 1. The number of aryl methyl sites for hydroxylation is 1. The zero-order chi connectivity index (χ0) is 16.9. The van der Waals surface area contributed by atoms with Crippen molar-refractivity contribution in [3.63, 3.8) is 0 Å². The van der Waals surface area contributed by atoms with E-state index in [2.05, 4.69) is 10.1 Å². The second kappa shape index (κ2) is 8.29. The van der Waals surface area contributed by atoms with Gasteiger partial charge in [-0.25, -0.2) is 14.1 Å². The average Bonchev–Trinajstić information content (AvgIpc) is 3.00. The van der Waals surface area contributed by atoms with Crippen LogP contribution in [-0.4, -0.2) is 46.6 Å². The molecule has 130 valence electrons. The number of rotatable bonds is 6. The molecule has 0 saturated carbocycles. The number of ether oxygens (including phenoxy) is 2. The molecule has 2 aromatic rings. The molecule has 1 aliphatic rings. The van der Waals surface area contributed by atoms with Crippen molar-refractivity contribution in [3.05, 3.63) is 46.3 Å². The second-order valence-electron chi connectivity index (χ2n) is 5.42. The van der Waals surface area contributed by atoms with Crippen LogP contribution in [0.25, 0.3) is 0 Å². The minimum absolute atomic E-state index is 0.215. The third kappa shape index (κ3) is 4.08. The monoisotopic (exact) mass is 371 g/mol. The van der Waals surface area contributed by atoms with Crippen LogP contribution in [0.5, 0.6) is 0 Å². The minimum atomic E-state index is -0.351. The molecule has 0 spiro atoms. The molecule has 1 aliphatic heterocycles. The van der Waals surface area contributed by atoms with Crippen molar-refractivity contribution in [2.24, 2.45) is 0 Å². The van der Waals surface area contributed by atoms with Gasteiger partial charge in [-0.1, -0.05) is 17.7 Å². The quantitative estimate of drug-likeness (QED) is 0.780. The average molecular weight is 372 g/mol. The number of hydrogen-bond acceptors (Lipinski definition) is 5. The van der Waals surface area contributed by atoms with Crippen LogP contribution in [0.15, 0.2) is 18.2 Å². The predicted molar refractivity (Wildman–Crippen MR) is 92.1 cm³/mol.